The topological polar surface area (TPSA) is 20.2 Å². The van der Waals surface area contributed by atoms with Crippen LogP contribution in [0.5, 0.6) is 5.75 Å². The zero-order chi connectivity index (χ0) is 10.1. The molecule has 0 spiro atoms. The van der Waals surface area contributed by atoms with Crippen LogP contribution in [0.15, 0.2) is 34.8 Å². The molecule has 0 fully saturated rings. The quantitative estimate of drug-likeness (QED) is 0.815. The number of halogens is 1. The first kappa shape index (κ1) is 9.53. The van der Waals surface area contributed by atoms with Crippen LogP contribution >= 0.6 is 15.9 Å². The van der Waals surface area contributed by atoms with E-state index in [0.29, 0.717) is 5.75 Å². The van der Waals surface area contributed by atoms with E-state index in [2.05, 4.69) is 22.0 Å². The largest absolute Gasteiger partial charge is 0.508 e. The van der Waals surface area contributed by atoms with E-state index in [1.54, 1.807) is 0 Å². The van der Waals surface area contributed by atoms with Gasteiger partial charge in [0, 0.05) is 4.47 Å². The van der Waals surface area contributed by atoms with Crippen LogP contribution in [-0.2, 0) is 6.42 Å². The number of hydrogen-bond acceptors (Lipinski definition) is 1. The summed E-state index contributed by atoms with van der Waals surface area (Å²) < 4.78 is 1.07. The summed E-state index contributed by atoms with van der Waals surface area (Å²) in [5, 5.41) is 11.9. The standard InChI is InChI=1S/C12H11BrO/c1-2-8-5-10-6-11(13)4-3-9(10)7-12(8)14/h3-7,14H,2H2,1H3. The van der Waals surface area contributed by atoms with E-state index in [-0.39, 0.29) is 0 Å². The fourth-order valence-corrected chi connectivity index (χ4v) is 1.97. The van der Waals surface area contributed by atoms with Gasteiger partial charge >= 0.3 is 0 Å². The Bertz CT molecular complexity index is 477. The summed E-state index contributed by atoms with van der Waals surface area (Å²) >= 11 is 3.43. The predicted octanol–water partition coefficient (Wildman–Crippen LogP) is 3.87. The van der Waals surface area contributed by atoms with Crippen molar-refractivity contribution in [1.29, 1.82) is 0 Å². The number of fused-ring (bicyclic) bond motifs is 1. The number of rotatable bonds is 1. The van der Waals surface area contributed by atoms with E-state index in [0.717, 1.165) is 27.2 Å². The van der Waals surface area contributed by atoms with Crippen molar-refractivity contribution in [2.75, 3.05) is 0 Å². The number of benzene rings is 2. The number of phenols is 1. The number of phenolic OH excluding ortho intramolecular Hbond substituents is 1. The molecule has 14 heavy (non-hydrogen) atoms. The molecule has 0 heterocycles. The summed E-state index contributed by atoms with van der Waals surface area (Å²) in [4.78, 5) is 0. The summed E-state index contributed by atoms with van der Waals surface area (Å²) in [7, 11) is 0. The van der Waals surface area contributed by atoms with Gasteiger partial charge in [0.25, 0.3) is 0 Å². The molecule has 0 saturated carbocycles. The molecule has 0 saturated heterocycles. The van der Waals surface area contributed by atoms with Gasteiger partial charge in [0.1, 0.15) is 5.75 Å². The van der Waals surface area contributed by atoms with Crippen molar-refractivity contribution in [1.82, 2.24) is 0 Å². The molecule has 0 aliphatic heterocycles. The van der Waals surface area contributed by atoms with Crippen LogP contribution < -0.4 is 0 Å². The second-order valence-electron chi connectivity index (χ2n) is 3.33. The van der Waals surface area contributed by atoms with Crippen LogP contribution in [0, 0.1) is 0 Å². The fraction of sp³-hybridized carbons (Fsp3) is 0.167. The van der Waals surface area contributed by atoms with Gasteiger partial charge in [0.2, 0.25) is 0 Å². The third kappa shape index (κ3) is 1.62. The molecule has 0 radical (unpaired) electrons. The smallest absolute Gasteiger partial charge is 0.119 e. The van der Waals surface area contributed by atoms with E-state index in [9.17, 15) is 5.11 Å². The molecule has 0 unspecified atom stereocenters. The maximum atomic E-state index is 9.67. The second kappa shape index (κ2) is 3.62. The summed E-state index contributed by atoms with van der Waals surface area (Å²) in [6.07, 6.45) is 0.855. The van der Waals surface area contributed by atoms with Crippen molar-refractivity contribution in [3.63, 3.8) is 0 Å². The molecule has 0 bridgehead atoms. The normalized spacial score (nSPS) is 10.7. The second-order valence-corrected chi connectivity index (χ2v) is 4.24. The van der Waals surface area contributed by atoms with Crippen LogP contribution in [0.25, 0.3) is 10.8 Å². The number of hydrogen-bond donors (Lipinski definition) is 1. The van der Waals surface area contributed by atoms with Crippen LogP contribution in [0.3, 0.4) is 0 Å². The lowest BCUT2D eigenvalue weighted by molar-refractivity contribution is 0.470. The Hall–Kier alpha value is -1.02. The first-order chi connectivity index (χ1) is 6.70. The van der Waals surface area contributed by atoms with Crippen molar-refractivity contribution < 1.29 is 5.11 Å². The van der Waals surface area contributed by atoms with Crippen molar-refractivity contribution >= 4 is 26.7 Å². The zero-order valence-electron chi connectivity index (χ0n) is 7.92. The van der Waals surface area contributed by atoms with Crippen molar-refractivity contribution in [3.8, 4) is 5.75 Å². The predicted molar refractivity (Wildman–Crippen MR) is 62.7 cm³/mol. The van der Waals surface area contributed by atoms with Gasteiger partial charge in [-0.2, -0.15) is 0 Å². The molecule has 0 aliphatic rings. The highest BCUT2D eigenvalue weighted by Gasteiger charge is 2.02. The molecule has 2 heteroatoms. The highest BCUT2D eigenvalue weighted by Crippen LogP contribution is 2.27. The molecule has 2 aromatic rings. The van der Waals surface area contributed by atoms with E-state index in [4.69, 9.17) is 0 Å². The molecule has 2 aromatic carbocycles. The highest BCUT2D eigenvalue weighted by atomic mass is 79.9. The zero-order valence-corrected chi connectivity index (χ0v) is 9.51. The van der Waals surface area contributed by atoms with Crippen LogP contribution in [-0.4, -0.2) is 5.11 Å². The Morgan fingerprint density at radius 2 is 1.93 bits per heavy atom. The van der Waals surface area contributed by atoms with Gasteiger partial charge < -0.3 is 5.11 Å². The molecule has 1 nitrogen and oxygen atoms in total. The van der Waals surface area contributed by atoms with Crippen molar-refractivity contribution in [2.24, 2.45) is 0 Å². The van der Waals surface area contributed by atoms with Gasteiger partial charge in [0.05, 0.1) is 0 Å². The SMILES string of the molecule is CCc1cc2cc(Br)ccc2cc1O. The average molecular weight is 251 g/mol. The van der Waals surface area contributed by atoms with Gasteiger partial charge in [0.15, 0.2) is 0 Å². The molecule has 0 aromatic heterocycles. The first-order valence-corrected chi connectivity index (χ1v) is 5.41. The van der Waals surface area contributed by atoms with E-state index in [1.807, 2.05) is 31.2 Å². The lowest BCUT2D eigenvalue weighted by atomic mass is 10.0. The van der Waals surface area contributed by atoms with Crippen LogP contribution in [0.2, 0.25) is 0 Å². The summed E-state index contributed by atoms with van der Waals surface area (Å²) in [5.41, 5.74) is 0.996. The Morgan fingerprint density at radius 3 is 2.64 bits per heavy atom. The van der Waals surface area contributed by atoms with E-state index >= 15 is 0 Å². The summed E-state index contributed by atoms with van der Waals surface area (Å²) in [5.74, 6) is 0.391. The lowest BCUT2D eigenvalue weighted by Crippen LogP contribution is -1.82. The third-order valence-corrected chi connectivity index (χ3v) is 2.87. The minimum Gasteiger partial charge on any atom is -0.508 e. The molecule has 1 N–H and O–H groups in total. The first-order valence-electron chi connectivity index (χ1n) is 4.62. The molecule has 0 atom stereocenters. The van der Waals surface area contributed by atoms with Gasteiger partial charge in [-0.25, -0.2) is 0 Å². The lowest BCUT2D eigenvalue weighted by Gasteiger charge is -2.04. The molecule has 2 rings (SSSR count). The van der Waals surface area contributed by atoms with Crippen LogP contribution in [0.4, 0.5) is 0 Å². The monoisotopic (exact) mass is 250 g/mol. The molecule has 0 amide bonds. The van der Waals surface area contributed by atoms with Gasteiger partial charge in [-0.05, 0) is 47.0 Å². The Kier molecular flexibility index (Phi) is 2.46. The fourth-order valence-electron chi connectivity index (χ4n) is 1.59. The molecular weight excluding hydrogens is 240 g/mol. The Morgan fingerprint density at radius 1 is 1.14 bits per heavy atom. The number of aryl methyl sites for hydroxylation is 1. The summed E-state index contributed by atoms with van der Waals surface area (Å²) in [6, 6.07) is 9.90. The maximum absolute atomic E-state index is 9.67. The van der Waals surface area contributed by atoms with Gasteiger partial charge in [-0.3, -0.25) is 0 Å². The number of aromatic hydroxyl groups is 1. The Balaban J connectivity index is 2.73. The van der Waals surface area contributed by atoms with Gasteiger partial charge in [-0.1, -0.05) is 28.9 Å². The van der Waals surface area contributed by atoms with Crippen LogP contribution in [0.1, 0.15) is 12.5 Å². The minimum atomic E-state index is 0.391. The van der Waals surface area contributed by atoms with Crippen molar-refractivity contribution in [3.05, 3.63) is 40.4 Å². The Labute approximate surface area is 91.5 Å². The van der Waals surface area contributed by atoms with Crippen molar-refractivity contribution in [2.45, 2.75) is 13.3 Å². The molecule has 0 aliphatic carbocycles. The van der Waals surface area contributed by atoms with E-state index in [1.165, 1.54) is 0 Å². The third-order valence-electron chi connectivity index (χ3n) is 2.38. The highest BCUT2D eigenvalue weighted by molar-refractivity contribution is 9.10. The van der Waals surface area contributed by atoms with E-state index < -0.39 is 0 Å². The van der Waals surface area contributed by atoms with Gasteiger partial charge in [-0.15, -0.1) is 0 Å². The minimum absolute atomic E-state index is 0.391. The molecular formula is C12H11BrO. The maximum Gasteiger partial charge on any atom is 0.119 e. The molecule has 72 valence electrons. The average Bonchev–Trinajstić information content (AvgIpc) is 2.17. The summed E-state index contributed by atoms with van der Waals surface area (Å²) in [6.45, 7) is 2.04.